The highest BCUT2D eigenvalue weighted by Gasteiger charge is 2.45. The Hall–Kier alpha value is -3.39. The summed E-state index contributed by atoms with van der Waals surface area (Å²) in [5.74, 6) is 1.42. The van der Waals surface area contributed by atoms with Crippen LogP contribution in [0.1, 0.15) is 82.8 Å². The molecule has 0 unspecified atom stereocenters. The first-order valence-electron chi connectivity index (χ1n) is 16.4. The number of carbonyl (C=O) groups is 2. The lowest BCUT2D eigenvalue weighted by Crippen LogP contribution is -2.55. The molecule has 7 nitrogen and oxygen atoms in total. The molecule has 2 atom stereocenters. The van der Waals surface area contributed by atoms with E-state index in [0.29, 0.717) is 61.0 Å². The molecule has 1 saturated heterocycles. The highest BCUT2D eigenvalue weighted by atomic mass is 35.5. The molecule has 0 spiro atoms. The van der Waals surface area contributed by atoms with Crippen molar-refractivity contribution in [2.24, 2.45) is 10.4 Å². The number of halogens is 2. The molecule has 2 aliphatic rings. The van der Waals surface area contributed by atoms with Crippen LogP contribution in [0.3, 0.4) is 0 Å². The summed E-state index contributed by atoms with van der Waals surface area (Å²) < 4.78 is 6.25. The lowest BCUT2D eigenvalue weighted by atomic mass is 9.86. The minimum Gasteiger partial charge on any atom is -0.493 e. The Balaban J connectivity index is 1.60. The molecular formula is C38H46Cl2N4O3. The van der Waals surface area contributed by atoms with Crippen LogP contribution in [-0.4, -0.2) is 71.7 Å². The SMILES string of the molecule is CCOc1cc(C(C)(C)C)ccc1C1=N[C@@H](c2ccc(Cl)cc2)[C@@H](c2ccc(Cl)cc2)N1C(=O)N1CCN(CC(C)(C)C(C)=O)CC1. The van der Waals surface area contributed by atoms with Gasteiger partial charge in [-0.2, -0.15) is 0 Å². The standard InChI is InChI=1S/C38H46Cl2N4O3/c1-8-47-32-23-28(37(3,4)5)13-18-31(32)35-41-33(26-9-14-29(39)15-10-26)34(27-11-16-30(40)17-12-27)44(35)36(46)43-21-19-42(20-22-43)24-38(6,7)25(2)45/h9-18,23,33-34H,8,19-22,24H2,1-7H3/t33-,34+/m0/s1. The average Bonchev–Trinajstić information content (AvgIpc) is 3.41. The molecule has 0 bridgehead atoms. The molecule has 0 N–H and O–H groups in total. The number of aliphatic imine (C=N–C) groups is 1. The van der Waals surface area contributed by atoms with E-state index in [1.807, 2.05) is 85.2 Å². The first-order valence-corrected chi connectivity index (χ1v) is 17.1. The molecule has 3 aromatic carbocycles. The van der Waals surface area contributed by atoms with Crippen molar-refractivity contribution in [3.05, 3.63) is 99.0 Å². The molecule has 5 rings (SSSR count). The van der Waals surface area contributed by atoms with Gasteiger partial charge in [-0.1, -0.05) is 88.2 Å². The van der Waals surface area contributed by atoms with Crippen LogP contribution in [-0.2, 0) is 10.2 Å². The zero-order chi connectivity index (χ0) is 34.1. The van der Waals surface area contributed by atoms with Gasteiger partial charge in [0.25, 0.3) is 0 Å². The molecule has 250 valence electrons. The summed E-state index contributed by atoms with van der Waals surface area (Å²) in [5, 5.41) is 1.25. The zero-order valence-corrected chi connectivity index (χ0v) is 30.0. The number of carbonyl (C=O) groups excluding carboxylic acids is 2. The summed E-state index contributed by atoms with van der Waals surface area (Å²) >= 11 is 12.7. The second kappa shape index (κ2) is 14.0. The van der Waals surface area contributed by atoms with Crippen molar-refractivity contribution in [1.82, 2.24) is 14.7 Å². The first kappa shape index (κ1) is 34.9. The Morgan fingerprint density at radius 3 is 1.96 bits per heavy atom. The van der Waals surface area contributed by atoms with Crippen molar-refractivity contribution in [3.8, 4) is 5.75 Å². The molecule has 2 amide bonds. The summed E-state index contributed by atoms with van der Waals surface area (Å²) in [4.78, 5) is 38.5. The summed E-state index contributed by atoms with van der Waals surface area (Å²) in [7, 11) is 0. The van der Waals surface area contributed by atoms with Gasteiger partial charge in [-0.15, -0.1) is 0 Å². The molecule has 0 saturated carbocycles. The predicted octanol–water partition coefficient (Wildman–Crippen LogP) is 8.59. The van der Waals surface area contributed by atoms with Crippen molar-refractivity contribution in [2.45, 2.75) is 66.0 Å². The molecule has 2 heterocycles. The third-order valence-electron chi connectivity index (χ3n) is 9.30. The van der Waals surface area contributed by atoms with Crippen LogP contribution in [0, 0.1) is 5.41 Å². The van der Waals surface area contributed by atoms with Gasteiger partial charge >= 0.3 is 6.03 Å². The van der Waals surface area contributed by atoms with Gasteiger partial charge in [0.1, 0.15) is 23.4 Å². The first-order chi connectivity index (χ1) is 22.2. The van der Waals surface area contributed by atoms with E-state index in [9.17, 15) is 9.59 Å². The van der Waals surface area contributed by atoms with Gasteiger partial charge in [0.15, 0.2) is 0 Å². The van der Waals surface area contributed by atoms with Gasteiger partial charge in [0, 0.05) is 48.2 Å². The molecule has 9 heteroatoms. The van der Waals surface area contributed by atoms with Crippen molar-refractivity contribution < 1.29 is 14.3 Å². The van der Waals surface area contributed by atoms with Gasteiger partial charge in [-0.05, 0) is 72.4 Å². The van der Waals surface area contributed by atoms with Crippen molar-refractivity contribution in [3.63, 3.8) is 0 Å². The largest absolute Gasteiger partial charge is 0.493 e. The van der Waals surface area contributed by atoms with Crippen LogP contribution in [0.2, 0.25) is 10.0 Å². The molecule has 0 aromatic heterocycles. The molecule has 3 aromatic rings. The Labute approximate surface area is 289 Å². The Morgan fingerprint density at radius 2 is 1.43 bits per heavy atom. The van der Waals surface area contributed by atoms with Crippen LogP contribution in [0.25, 0.3) is 0 Å². The third-order valence-corrected chi connectivity index (χ3v) is 9.80. The monoisotopic (exact) mass is 676 g/mol. The maximum atomic E-state index is 14.9. The molecule has 1 fully saturated rings. The van der Waals surface area contributed by atoms with Gasteiger partial charge in [-0.25, -0.2) is 4.79 Å². The van der Waals surface area contributed by atoms with Gasteiger partial charge < -0.3 is 9.64 Å². The second-order valence-electron chi connectivity index (χ2n) is 14.2. The van der Waals surface area contributed by atoms with Crippen molar-refractivity contribution in [2.75, 3.05) is 39.3 Å². The predicted molar refractivity (Wildman–Crippen MR) is 191 cm³/mol. The highest BCUT2D eigenvalue weighted by Crippen LogP contribution is 2.46. The molecule has 47 heavy (non-hydrogen) atoms. The van der Waals surface area contributed by atoms with Crippen LogP contribution >= 0.6 is 23.2 Å². The van der Waals surface area contributed by atoms with E-state index in [1.54, 1.807) is 6.92 Å². The lowest BCUT2D eigenvalue weighted by molar-refractivity contribution is -0.126. The van der Waals surface area contributed by atoms with E-state index < -0.39 is 17.5 Å². The number of nitrogens with zero attached hydrogens (tertiary/aromatic N) is 4. The molecule has 2 aliphatic heterocycles. The van der Waals surface area contributed by atoms with Gasteiger partial charge in [0.05, 0.1) is 18.2 Å². The number of amides is 2. The molecule has 0 aliphatic carbocycles. The summed E-state index contributed by atoms with van der Waals surface area (Å²) in [6.45, 7) is 17.7. The smallest absolute Gasteiger partial charge is 0.326 e. The minimum atomic E-state index is -0.443. The fourth-order valence-electron chi connectivity index (χ4n) is 6.22. The van der Waals surface area contributed by atoms with Crippen LogP contribution in [0.15, 0.2) is 71.7 Å². The number of ketones is 1. The summed E-state index contributed by atoms with van der Waals surface area (Å²) in [5.41, 5.74) is 3.24. The number of amidine groups is 1. The quantitative estimate of drug-likeness (QED) is 0.240. The Kier molecular flexibility index (Phi) is 10.4. The maximum absolute atomic E-state index is 14.9. The second-order valence-corrected chi connectivity index (χ2v) is 15.1. The van der Waals surface area contributed by atoms with Crippen LogP contribution in [0.5, 0.6) is 5.75 Å². The number of Topliss-reactive ketones (excluding diaryl/α,β-unsaturated/α-hetero) is 1. The Bertz CT molecular complexity index is 1620. The number of rotatable bonds is 8. The van der Waals surface area contributed by atoms with E-state index in [4.69, 9.17) is 32.9 Å². The minimum absolute atomic E-state index is 0.0916. The summed E-state index contributed by atoms with van der Waals surface area (Å²) in [6.07, 6.45) is 0. The fourth-order valence-corrected chi connectivity index (χ4v) is 6.47. The van der Waals surface area contributed by atoms with Crippen molar-refractivity contribution >= 4 is 40.9 Å². The van der Waals surface area contributed by atoms with E-state index in [1.165, 1.54) is 0 Å². The number of urea groups is 1. The normalized spacial score (nSPS) is 19.1. The van der Waals surface area contributed by atoms with Gasteiger partial charge in [0.2, 0.25) is 0 Å². The fraction of sp³-hybridized carbons (Fsp3) is 0.447. The molecule has 0 radical (unpaired) electrons. The van der Waals surface area contributed by atoms with Crippen LogP contribution < -0.4 is 4.74 Å². The maximum Gasteiger partial charge on any atom is 0.326 e. The van der Waals surface area contributed by atoms with E-state index in [0.717, 1.165) is 22.3 Å². The van der Waals surface area contributed by atoms with Crippen molar-refractivity contribution in [1.29, 1.82) is 0 Å². The van der Waals surface area contributed by atoms with E-state index in [-0.39, 0.29) is 17.2 Å². The average molecular weight is 678 g/mol. The lowest BCUT2D eigenvalue weighted by Gasteiger charge is -2.40. The number of ether oxygens (including phenoxy) is 1. The Morgan fingerprint density at radius 1 is 0.851 bits per heavy atom. The third kappa shape index (κ3) is 7.69. The highest BCUT2D eigenvalue weighted by molar-refractivity contribution is 6.30. The summed E-state index contributed by atoms with van der Waals surface area (Å²) in [6, 6.07) is 20.6. The topological polar surface area (TPSA) is 65.5 Å². The van der Waals surface area contributed by atoms with E-state index >= 15 is 0 Å². The number of benzene rings is 3. The van der Waals surface area contributed by atoms with Crippen LogP contribution in [0.4, 0.5) is 4.79 Å². The zero-order valence-electron chi connectivity index (χ0n) is 28.5. The number of hydrogen-bond acceptors (Lipinski definition) is 5. The number of hydrogen-bond donors (Lipinski definition) is 0. The molecular weight excluding hydrogens is 631 g/mol. The van der Waals surface area contributed by atoms with Gasteiger partial charge in [-0.3, -0.25) is 19.6 Å². The van der Waals surface area contributed by atoms with E-state index in [2.05, 4.69) is 37.8 Å². The number of piperazine rings is 1.